The van der Waals surface area contributed by atoms with Gasteiger partial charge in [0.2, 0.25) is 0 Å². The van der Waals surface area contributed by atoms with Gasteiger partial charge in [0.25, 0.3) is 5.91 Å². The summed E-state index contributed by atoms with van der Waals surface area (Å²) in [6, 6.07) is 3.10. The van der Waals surface area contributed by atoms with Gasteiger partial charge in [-0.25, -0.2) is 4.98 Å². The average Bonchev–Trinajstić information content (AvgIpc) is 3.19. The van der Waals surface area contributed by atoms with E-state index in [0.29, 0.717) is 11.6 Å². The molecular weight excluding hydrogens is 252 g/mol. The Morgan fingerprint density at radius 3 is 2.70 bits per heavy atom. The second-order valence-electron chi connectivity index (χ2n) is 5.82. The highest BCUT2D eigenvalue weighted by Crippen LogP contribution is 2.27. The van der Waals surface area contributed by atoms with E-state index in [4.69, 9.17) is 0 Å². The first-order valence-electron chi connectivity index (χ1n) is 6.87. The summed E-state index contributed by atoms with van der Waals surface area (Å²) in [5.41, 5.74) is 0.188. The van der Waals surface area contributed by atoms with Crippen molar-refractivity contribution in [3.63, 3.8) is 0 Å². The largest absolute Gasteiger partial charge is 0.388 e. The van der Waals surface area contributed by atoms with Crippen LogP contribution in [0.25, 0.3) is 0 Å². The summed E-state index contributed by atoms with van der Waals surface area (Å²) in [7, 11) is 0. The molecule has 1 saturated carbocycles. The summed E-state index contributed by atoms with van der Waals surface area (Å²) in [6.07, 6.45) is 3.99. The van der Waals surface area contributed by atoms with Crippen LogP contribution in [0.5, 0.6) is 0 Å². The molecule has 1 fully saturated rings. The fourth-order valence-electron chi connectivity index (χ4n) is 1.46. The van der Waals surface area contributed by atoms with Gasteiger partial charge < -0.3 is 10.4 Å². The number of pyridine rings is 1. The molecule has 0 bridgehead atoms. The lowest BCUT2D eigenvalue weighted by molar-refractivity contribution is 0.0407. The number of amides is 1. The Hall–Kier alpha value is -1.86. The number of aromatic nitrogens is 1. The Morgan fingerprint density at radius 1 is 1.50 bits per heavy atom. The van der Waals surface area contributed by atoms with Crippen LogP contribution in [0.2, 0.25) is 0 Å². The molecule has 1 aliphatic carbocycles. The molecule has 1 aromatic heterocycles. The van der Waals surface area contributed by atoms with Crippen molar-refractivity contribution in [1.82, 2.24) is 10.3 Å². The number of hydrogen-bond donors (Lipinski definition) is 2. The maximum Gasteiger partial charge on any atom is 0.270 e. The minimum atomic E-state index is -0.967. The number of rotatable bonds is 3. The Labute approximate surface area is 119 Å². The van der Waals surface area contributed by atoms with E-state index in [0.717, 1.165) is 5.56 Å². The van der Waals surface area contributed by atoms with Crippen LogP contribution in [0.1, 0.15) is 49.7 Å². The van der Waals surface area contributed by atoms with E-state index in [1.54, 1.807) is 39.1 Å². The maximum absolute atomic E-state index is 12.0. The van der Waals surface area contributed by atoms with Crippen LogP contribution < -0.4 is 5.32 Å². The van der Waals surface area contributed by atoms with Gasteiger partial charge in [-0.1, -0.05) is 11.8 Å². The van der Waals surface area contributed by atoms with Gasteiger partial charge in [-0.05, 0) is 45.7 Å². The van der Waals surface area contributed by atoms with Gasteiger partial charge >= 0.3 is 0 Å². The minimum Gasteiger partial charge on any atom is -0.388 e. The minimum absolute atomic E-state index is 0.290. The summed E-state index contributed by atoms with van der Waals surface area (Å²) in [6.45, 7) is 5.07. The van der Waals surface area contributed by atoms with Crippen LogP contribution in [-0.2, 0) is 0 Å². The Morgan fingerprint density at radius 2 is 2.20 bits per heavy atom. The standard InChI is InChI=1S/C16H20N2O2/c1-11(16(2,3)20)18-15(19)14-9-8-13(10-17-14)7-6-12-4-5-12/h8-12,20H,4-5H2,1-3H3,(H,18,19)/t11-/m1/s1. The molecule has 0 unspecified atom stereocenters. The third kappa shape index (κ3) is 4.07. The van der Waals surface area contributed by atoms with E-state index in [-0.39, 0.29) is 11.9 Å². The zero-order valence-electron chi connectivity index (χ0n) is 12.1. The van der Waals surface area contributed by atoms with E-state index < -0.39 is 5.60 Å². The molecule has 0 radical (unpaired) electrons. The predicted molar refractivity (Wildman–Crippen MR) is 77.1 cm³/mol. The molecule has 1 aliphatic rings. The number of nitrogens with one attached hydrogen (secondary N) is 1. The van der Waals surface area contributed by atoms with E-state index >= 15 is 0 Å². The second kappa shape index (κ2) is 5.64. The second-order valence-corrected chi connectivity index (χ2v) is 5.82. The predicted octanol–water partition coefficient (Wildman–Crippen LogP) is 1.73. The molecule has 2 rings (SSSR count). The first-order valence-corrected chi connectivity index (χ1v) is 6.87. The molecule has 0 aromatic carbocycles. The number of aliphatic hydroxyl groups is 1. The fraction of sp³-hybridized carbons (Fsp3) is 0.500. The van der Waals surface area contributed by atoms with E-state index in [1.807, 2.05) is 0 Å². The lowest BCUT2D eigenvalue weighted by Crippen LogP contribution is -2.47. The summed E-state index contributed by atoms with van der Waals surface area (Å²) < 4.78 is 0. The van der Waals surface area contributed by atoms with Crippen molar-refractivity contribution >= 4 is 5.91 Å². The zero-order chi connectivity index (χ0) is 14.8. The lowest BCUT2D eigenvalue weighted by Gasteiger charge is -2.26. The van der Waals surface area contributed by atoms with Crippen LogP contribution in [0.3, 0.4) is 0 Å². The molecular formula is C16H20N2O2. The van der Waals surface area contributed by atoms with E-state index in [2.05, 4.69) is 22.1 Å². The average molecular weight is 272 g/mol. The summed E-state index contributed by atoms with van der Waals surface area (Å²) in [4.78, 5) is 16.1. The van der Waals surface area contributed by atoms with E-state index in [1.165, 1.54) is 12.8 Å². The smallest absolute Gasteiger partial charge is 0.270 e. The van der Waals surface area contributed by atoms with Crippen molar-refractivity contribution in [1.29, 1.82) is 0 Å². The highest BCUT2D eigenvalue weighted by Gasteiger charge is 2.24. The Balaban J connectivity index is 1.99. The highest BCUT2D eigenvalue weighted by molar-refractivity contribution is 5.92. The van der Waals surface area contributed by atoms with Gasteiger partial charge in [-0.3, -0.25) is 4.79 Å². The molecule has 106 valence electrons. The highest BCUT2D eigenvalue weighted by atomic mass is 16.3. The normalized spacial score (nSPS) is 16.0. The number of hydrogen-bond acceptors (Lipinski definition) is 3. The van der Waals surface area contributed by atoms with Gasteiger partial charge in [0, 0.05) is 17.7 Å². The number of carbonyl (C=O) groups is 1. The first-order chi connectivity index (χ1) is 9.36. The molecule has 4 heteroatoms. The summed E-state index contributed by atoms with van der Waals surface area (Å²) in [5.74, 6) is 6.46. The monoisotopic (exact) mass is 272 g/mol. The van der Waals surface area contributed by atoms with Crippen LogP contribution in [0, 0.1) is 17.8 Å². The van der Waals surface area contributed by atoms with Gasteiger partial charge in [0.1, 0.15) is 5.69 Å². The molecule has 1 heterocycles. The SMILES string of the molecule is C[C@@H](NC(=O)c1ccc(C#CC2CC2)cn1)C(C)(C)O. The fourth-order valence-corrected chi connectivity index (χ4v) is 1.46. The topological polar surface area (TPSA) is 62.2 Å². The van der Waals surface area contributed by atoms with Crippen molar-refractivity contribution < 1.29 is 9.90 Å². The molecule has 0 spiro atoms. The molecule has 0 aliphatic heterocycles. The van der Waals surface area contributed by atoms with E-state index in [9.17, 15) is 9.90 Å². The van der Waals surface area contributed by atoms with Crippen molar-refractivity contribution in [3.05, 3.63) is 29.6 Å². The third-order valence-corrected chi connectivity index (χ3v) is 3.40. The van der Waals surface area contributed by atoms with Crippen molar-refractivity contribution in [2.75, 3.05) is 0 Å². The number of nitrogens with zero attached hydrogens (tertiary/aromatic N) is 1. The van der Waals surface area contributed by atoms with Crippen LogP contribution in [-0.4, -0.2) is 27.6 Å². The van der Waals surface area contributed by atoms with Crippen LogP contribution in [0.4, 0.5) is 0 Å². The lowest BCUT2D eigenvalue weighted by atomic mass is 10.0. The molecule has 1 atom stereocenters. The van der Waals surface area contributed by atoms with Crippen LogP contribution in [0.15, 0.2) is 18.3 Å². The Kier molecular flexibility index (Phi) is 4.10. The molecule has 0 saturated heterocycles. The van der Waals surface area contributed by atoms with Crippen molar-refractivity contribution in [3.8, 4) is 11.8 Å². The van der Waals surface area contributed by atoms with Gasteiger partial charge in [-0.15, -0.1) is 0 Å². The van der Waals surface area contributed by atoms with Gasteiger partial charge in [0.15, 0.2) is 0 Å². The quantitative estimate of drug-likeness (QED) is 0.824. The molecule has 20 heavy (non-hydrogen) atoms. The molecule has 1 amide bonds. The van der Waals surface area contributed by atoms with Crippen LogP contribution >= 0.6 is 0 Å². The molecule has 4 nitrogen and oxygen atoms in total. The summed E-state index contributed by atoms with van der Waals surface area (Å²) >= 11 is 0. The van der Waals surface area contributed by atoms with Gasteiger partial charge in [0.05, 0.1) is 11.6 Å². The molecule has 2 N–H and O–H groups in total. The summed E-state index contributed by atoms with van der Waals surface area (Å²) in [5, 5.41) is 12.5. The molecule has 1 aromatic rings. The van der Waals surface area contributed by atoms with Crippen molar-refractivity contribution in [2.24, 2.45) is 5.92 Å². The first kappa shape index (κ1) is 14.5. The number of carbonyl (C=O) groups excluding carboxylic acids is 1. The van der Waals surface area contributed by atoms with Gasteiger partial charge in [-0.2, -0.15) is 0 Å². The van der Waals surface area contributed by atoms with Crippen molar-refractivity contribution in [2.45, 2.75) is 45.3 Å². The third-order valence-electron chi connectivity index (χ3n) is 3.40. The zero-order valence-corrected chi connectivity index (χ0v) is 12.1. The maximum atomic E-state index is 12.0. The Bertz CT molecular complexity index is 543.